The Morgan fingerprint density at radius 2 is 1.84 bits per heavy atom. The quantitative estimate of drug-likeness (QED) is 0.388. The van der Waals surface area contributed by atoms with Gasteiger partial charge in [0.1, 0.15) is 5.75 Å². The molecule has 1 heterocycles. The van der Waals surface area contributed by atoms with E-state index in [4.69, 9.17) is 9.47 Å². The second-order valence-electron chi connectivity index (χ2n) is 9.66. The number of esters is 1. The Balaban J connectivity index is 2.07. The fourth-order valence-electron chi connectivity index (χ4n) is 4.67. The first kappa shape index (κ1) is 24.1. The van der Waals surface area contributed by atoms with E-state index in [1.165, 1.54) is 0 Å². The Labute approximate surface area is 192 Å². The van der Waals surface area contributed by atoms with Crippen LogP contribution in [-0.4, -0.2) is 25.0 Å². The number of carbonyl (C=O) groups is 2. The fraction of sp³-hybridized carbons (Fsp3) is 0.556. The summed E-state index contributed by atoms with van der Waals surface area (Å²) in [5.41, 5.74) is 3.60. The van der Waals surface area contributed by atoms with Crippen LogP contribution in [0.2, 0.25) is 0 Å². The molecule has 174 valence electrons. The van der Waals surface area contributed by atoms with Crippen molar-refractivity contribution in [3.63, 3.8) is 0 Å². The highest BCUT2D eigenvalue weighted by Gasteiger charge is 2.43. The summed E-state index contributed by atoms with van der Waals surface area (Å²) in [6.45, 7) is 11.3. The molecule has 0 spiro atoms. The van der Waals surface area contributed by atoms with Crippen molar-refractivity contribution in [1.29, 1.82) is 0 Å². The Bertz CT molecular complexity index is 925. The van der Waals surface area contributed by atoms with E-state index in [1.54, 1.807) is 0 Å². The smallest absolute Gasteiger partial charge is 0.336 e. The van der Waals surface area contributed by atoms with Crippen LogP contribution in [0.25, 0.3) is 0 Å². The molecule has 0 fully saturated rings. The van der Waals surface area contributed by atoms with Crippen LogP contribution in [0, 0.1) is 5.41 Å². The van der Waals surface area contributed by atoms with Gasteiger partial charge in [-0.05, 0) is 37.7 Å². The lowest BCUT2D eigenvalue weighted by Gasteiger charge is -2.39. The first-order valence-electron chi connectivity index (χ1n) is 11.9. The monoisotopic (exact) mass is 439 g/mol. The zero-order valence-corrected chi connectivity index (χ0v) is 20.2. The molecule has 3 rings (SSSR count). The van der Waals surface area contributed by atoms with Crippen LogP contribution in [0.4, 0.5) is 0 Å². The van der Waals surface area contributed by atoms with Crippen molar-refractivity contribution in [2.75, 3.05) is 13.2 Å². The Hall–Kier alpha value is -2.56. The van der Waals surface area contributed by atoms with Gasteiger partial charge in [-0.25, -0.2) is 4.79 Å². The third-order valence-electron chi connectivity index (χ3n) is 6.13. The van der Waals surface area contributed by atoms with Crippen molar-refractivity contribution in [1.82, 2.24) is 5.32 Å². The van der Waals surface area contributed by atoms with Crippen LogP contribution in [0.1, 0.15) is 84.6 Å². The van der Waals surface area contributed by atoms with E-state index >= 15 is 0 Å². The largest absolute Gasteiger partial charge is 0.493 e. The minimum atomic E-state index is -0.485. The second-order valence-corrected chi connectivity index (χ2v) is 9.66. The summed E-state index contributed by atoms with van der Waals surface area (Å²) < 4.78 is 11.7. The first-order chi connectivity index (χ1) is 15.3. The molecule has 0 radical (unpaired) electrons. The molecule has 0 saturated carbocycles. The maximum atomic E-state index is 13.4. The summed E-state index contributed by atoms with van der Waals surface area (Å²) in [7, 11) is 0. The zero-order valence-electron chi connectivity index (χ0n) is 20.2. The van der Waals surface area contributed by atoms with E-state index < -0.39 is 5.92 Å². The summed E-state index contributed by atoms with van der Waals surface area (Å²) >= 11 is 0. The number of ether oxygens (including phenoxy) is 2. The molecule has 1 atom stereocenters. The number of unbranched alkanes of at least 4 members (excludes halogenated alkanes) is 2. The molecule has 0 unspecified atom stereocenters. The minimum Gasteiger partial charge on any atom is -0.493 e. The van der Waals surface area contributed by atoms with Crippen molar-refractivity contribution in [2.24, 2.45) is 5.41 Å². The topological polar surface area (TPSA) is 64.6 Å². The molecule has 0 amide bonds. The maximum absolute atomic E-state index is 13.4. The number of nitrogens with one attached hydrogen (secondary N) is 1. The summed E-state index contributed by atoms with van der Waals surface area (Å²) in [6.07, 6.45) is 5.01. The minimum absolute atomic E-state index is 0.0860. The second kappa shape index (κ2) is 10.4. The van der Waals surface area contributed by atoms with Crippen molar-refractivity contribution >= 4 is 11.8 Å². The van der Waals surface area contributed by atoms with Gasteiger partial charge in [-0.2, -0.15) is 0 Å². The third kappa shape index (κ3) is 5.25. The van der Waals surface area contributed by atoms with Crippen LogP contribution < -0.4 is 10.1 Å². The van der Waals surface area contributed by atoms with Crippen molar-refractivity contribution in [3.05, 3.63) is 52.4 Å². The first-order valence-corrected chi connectivity index (χ1v) is 11.9. The number of allylic oxidation sites excluding steroid dienone is 3. The molecule has 5 nitrogen and oxygen atoms in total. The lowest BCUT2D eigenvalue weighted by molar-refractivity contribution is -0.139. The summed E-state index contributed by atoms with van der Waals surface area (Å²) in [6, 6.07) is 7.75. The number of benzene rings is 1. The van der Waals surface area contributed by atoms with E-state index in [2.05, 4.69) is 33.0 Å². The molecular weight excluding hydrogens is 402 g/mol. The molecule has 1 N–H and O–H groups in total. The lowest BCUT2D eigenvalue weighted by Crippen LogP contribution is -2.38. The number of hydrogen-bond donors (Lipinski definition) is 1. The van der Waals surface area contributed by atoms with Gasteiger partial charge in [0.2, 0.25) is 0 Å². The highest BCUT2D eigenvalue weighted by molar-refractivity contribution is 6.04. The molecule has 1 aromatic rings. The van der Waals surface area contributed by atoms with Gasteiger partial charge in [-0.3, -0.25) is 4.79 Å². The zero-order chi connectivity index (χ0) is 23.3. The summed E-state index contributed by atoms with van der Waals surface area (Å²) in [4.78, 5) is 26.7. The average Bonchev–Trinajstić information content (AvgIpc) is 2.73. The Morgan fingerprint density at radius 1 is 1.09 bits per heavy atom. The molecule has 2 aliphatic rings. The van der Waals surface area contributed by atoms with Gasteiger partial charge in [0, 0.05) is 29.0 Å². The number of hydrogen-bond acceptors (Lipinski definition) is 5. The number of carbonyl (C=O) groups excluding carboxylic acids is 2. The molecule has 1 aliphatic carbocycles. The van der Waals surface area contributed by atoms with Gasteiger partial charge in [0.05, 0.1) is 24.7 Å². The Morgan fingerprint density at radius 3 is 2.56 bits per heavy atom. The van der Waals surface area contributed by atoms with E-state index in [-0.39, 0.29) is 17.2 Å². The van der Waals surface area contributed by atoms with E-state index in [1.807, 2.05) is 31.2 Å². The van der Waals surface area contributed by atoms with Gasteiger partial charge < -0.3 is 14.8 Å². The molecule has 5 heteroatoms. The molecule has 0 aromatic heterocycles. The summed E-state index contributed by atoms with van der Waals surface area (Å²) in [5, 5.41) is 3.40. The lowest BCUT2D eigenvalue weighted by atomic mass is 9.68. The normalized spacial score (nSPS) is 20.0. The van der Waals surface area contributed by atoms with Crippen LogP contribution >= 0.6 is 0 Å². The van der Waals surface area contributed by atoms with Gasteiger partial charge >= 0.3 is 5.97 Å². The van der Waals surface area contributed by atoms with E-state index in [0.717, 1.165) is 54.8 Å². The standard InChI is InChI=1S/C27H37NO4/c1-6-8-11-15-32-26(30)23-18(3)28-20-16-27(4,5)17-21(29)25(20)24(23)19-12-9-10-13-22(19)31-14-7-2/h9-10,12-13,24,28H,6-8,11,14-17H2,1-5H3/t24-/m0/s1. The molecule has 1 aromatic carbocycles. The van der Waals surface area contributed by atoms with Crippen LogP contribution in [0.3, 0.4) is 0 Å². The highest BCUT2D eigenvalue weighted by atomic mass is 16.5. The van der Waals surface area contributed by atoms with Crippen LogP contribution in [-0.2, 0) is 14.3 Å². The SMILES string of the molecule is CCCCCOC(=O)C1=C(C)NC2=C(C(=O)CC(C)(C)C2)[C@H]1c1ccccc1OCCC. The van der Waals surface area contributed by atoms with Gasteiger partial charge in [-0.1, -0.05) is 58.7 Å². The number of Topliss-reactive ketones (excluding diaryl/α,β-unsaturated/α-hetero) is 1. The van der Waals surface area contributed by atoms with E-state index in [0.29, 0.717) is 30.8 Å². The summed E-state index contributed by atoms with van der Waals surface area (Å²) in [5.74, 6) is -0.0372. The molecule has 1 aliphatic heterocycles. The number of ketones is 1. The van der Waals surface area contributed by atoms with Gasteiger partial charge in [-0.15, -0.1) is 0 Å². The number of para-hydroxylation sites is 1. The molecule has 32 heavy (non-hydrogen) atoms. The molecule has 0 saturated heterocycles. The third-order valence-corrected chi connectivity index (χ3v) is 6.13. The van der Waals surface area contributed by atoms with Gasteiger partial charge in [0.15, 0.2) is 5.78 Å². The predicted molar refractivity (Wildman–Crippen MR) is 126 cm³/mol. The van der Waals surface area contributed by atoms with Crippen LogP contribution in [0.5, 0.6) is 5.75 Å². The fourth-order valence-corrected chi connectivity index (χ4v) is 4.67. The predicted octanol–water partition coefficient (Wildman–Crippen LogP) is 5.81. The number of dihydropyridines is 1. The van der Waals surface area contributed by atoms with Crippen molar-refractivity contribution < 1.29 is 19.1 Å². The Kier molecular flexibility index (Phi) is 7.81. The average molecular weight is 440 g/mol. The van der Waals surface area contributed by atoms with Crippen molar-refractivity contribution in [2.45, 2.75) is 79.1 Å². The molecular formula is C27H37NO4. The highest BCUT2D eigenvalue weighted by Crippen LogP contribution is 2.48. The van der Waals surface area contributed by atoms with E-state index in [9.17, 15) is 9.59 Å². The van der Waals surface area contributed by atoms with Crippen molar-refractivity contribution in [3.8, 4) is 5.75 Å². The number of rotatable bonds is 9. The molecule has 0 bridgehead atoms. The van der Waals surface area contributed by atoms with Crippen LogP contribution in [0.15, 0.2) is 46.8 Å². The maximum Gasteiger partial charge on any atom is 0.336 e. The van der Waals surface area contributed by atoms with Gasteiger partial charge in [0.25, 0.3) is 0 Å².